The van der Waals surface area contributed by atoms with E-state index < -0.39 is 0 Å². The van der Waals surface area contributed by atoms with E-state index in [-0.39, 0.29) is 0 Å². The highest BCUT2D eigenvalue weighted by atomic mass is 79.9. The summed E-state index contributed by atoms with van der Waals surface area (Å²) in [6.45, 7) is 7.63. The molecule has 1 aromatic carbocycles. The summed E-state index contributed by atoms with van der Waals surface area (Å²) in [7, 11) is 0. The number of halogens is 1. The van der Waals surface area contributed by atoms with Crippen LogP contribution in [0.2, 0.25) is 0 Å². The highest BCUT2D eigenvalue weighted by Crippen LogP contribution is 2.32. The molecule has 0 fully saturated rings. The largest absolute Gasteiger partial charge is 0.306 e. The average molecular weight is 338 g/mol. The van der Waals surface area contributed by atoms with Crippen molar-refractivity contribution in [3.8, 4) is 0 Å². The molecular weight excluding hydrogens is 318 g/mol. The van der Waals surface area contributed by atoms with Crippen molar-refractivity contribution in [2.75, 3.05) is 6.54 Å². The number of rotatable bonds is 5. The van der Waals surface area contributed by atoms with Gasteiger partial charge in [-0.05, 0) is 67.1 Å². The van der Waals surface area contributed by atoms with Crippen molar-refractivity contribution in [1.29, 1.82) is 0 Å². The van der Waals surface area contributed by atoms with E-state index in [0.29, 0.717) is 6.04 Å². The van der Waals surface area contributed by atoms with Crippen LogP contribution in [0.5, 0.6) is 0 Å². The van der Waals surface area contributed by atoms with Crippen molar-refractivity contribution in [2.45, 2.75) is 33.2 Å². The van der Waals surface area contributed by atoms with Gasteiger partial charge in [0.15, 0.2) is 0 Å². The van der Waals surface area contributed by atoms with Gasteiger partial charge in [0.2, 0.25) is 0 Å². The smallest absolute Gasteiger partial charge is 0.0676 e. The van der Waals surface area contributed by atoms with Crippen LogP contribution < -0.4 is 5.32 Å². The van der Waals surface area contributed by atoms with Crippen LogP contribution in [-0.2, 0) is 0 Å². The quantitative estimate of drug-likeness (QED) is 0.788. The van der Waals surface area contributed by atoms with Gasteiger partial charge >= 0.3 is 0 Å². The molecule has 0 bridgehead atoms. The monoisotopic (exact) mass is 337 g/mol. The Balaban J connectivity index is 2.40. The molecule has 1 aromatic heterocycles. The summed E-state index contributed by atoms with van der Waals surface area (Å²) in [5.74, 6) is 0. The van der Waals surface area contributed by atoms with Crippen molar-refractivity contribution >= 4 is 27.3 Å². The highest BCUT2D eigenvalue weighted by molar-refractivity contribution is 9.10. The molecule has 0 aliphatic heterocycles. The van der Waals surface area contributed by atoms with Gasteiger partial charge in [-0.3, -0.25) is 0 Å². The summed E-state index contributed by atoms with van der Waals surface area (Å²) in [6.07, 6.45) is 1.15. The molecule has 3 heteroatoms. The number of hydrogen-bond donors (Lipinski definition) is 1. The van der Waals surface area contributed by atoms with Gasteiger partial charge in [0.25, 0.3) is 0 Å². The van der Waals surface area contributed by atoms with Gasteiger partial charge in [-0.15, -0.1) is 11.3 Å². The van der Waals surface area contributed by atoms with Crippen molar-refractivity contribution in [1.82, 2.24) is 5.32 Å². The minimum absolute atomic E-state index is 0.313. The van der Waals surface area contributed by atoms with Crippen LogP contribution in [0.4, 0.5) is 0 Å². The summed E-state index contributed by atoms with van der Waals surface area (Å²) in [5.41, 5.74) is 4.08. The van der Waals surface area contributed by atoms with Crippen LogP contribution in [0.3, 0.4) is 0 Å². The Morgan fingerprint density at radius 1 is 1.21 bits per heavy atom. The molecule has 0 spiro atoms. The lowest BCUT2D eigenvalue weighted by Gasteiger charge is -2.21. The summed E-state index contributed by atoms with van der Waals surface area (Å²) in [5, 5.41) is 5.86. The summed E-state index contributed by atoms with van der Waals surface area (Å²) in [4.78, 5) is 1.43. The molecular formula is C16H20BrNS. The molecule has 0 saturated heterocycles. The summed E-state index contributed by atoms with van der Waals surface area (Å²) < 4.78 is 1.14. The number of thiophene rings is 1. The molecule has 1 nitrogen and oxygen atoms in total. The zero-order chi connectivity index (χ0) is 13.8. The third kappa shape index (κ3) is 3.47. The lowest BCUT2D eigenvalue weighted by Crippen LogP contribution is -2.23. The molecule has 1 unspecified atom stereocenters. The SMILES string of the molecule is CCCNC(c1ccc(Br)cc1C)c1sccc1C. The second kappa shape index (κ2) is 6.69. The first-order chi connectivity index (χ1) is 9.13. The van der Waals surface area contributed by atoms with Gasteiger partial charge in [-0.1, -0.05) is 28.9 Å². The van der Waals surface area contributed by atoms with E-state index in [9.17, 15) is 0 Å². The van der Waals surface area contributed by atoms with Crippen molar-refractivity contribution in [2.24, 2.45) is 0 Å². The first-order valence-corrected chi connectivity index (χ1v) is 8.34. The van der Waals surface area contributed by atoms with Gasteiger partial charge in [0.1, 0.15) is 0 Å². The molecule has 0 aliphatic carbocycles. The van der Waals surface area contributed by atoms with Crippen molar-refractivity contribution in [3.05, 3.63) is 55.7 Å². The molecule has 19 heavy (non-hydrogen) atoms. The van der Waals surface area contributed by atoms with Crippen LogP contribution in [0.25, 0.3) is 0 Å². The number of benzene rings is 1. The van der Waals surface area contributed by atoms with Crippen LogP contribution in [0.15, 0.2) is 34.1 Å². The van der Waals surface area contributed by atoms with Crippen LogP contribution in [-0.4, -0.2) is 6.54 Å². The second-order valence-electron chi connectivity index (χ2n) is 4.86. The maximum Gasteiger partial charge on any atom is 0.0676 e. The van der Waals surface area contributed by atoms with E-state index in [2.05, 4.69) is 71.7 Å². The fourth-order valence-electron chi connectivity index (χ4n) is 2.28. The lowest BCUT2D eigenvalue weighted by molar-refractivity contribution is 0.601. The van der Waals surface area contributed by atoms with E-state index in [1.165, 1.54) is 21.6 Å². The molecule has 1 N–H and O–H groups in total. The molecule has 1 heterocycles. The third-order valence-corrected chi connectivity index (χ3v) is 4.88. The van der Waals surface area contributed by atoms with Crippen LogP contribution in [0.1, 0.15) is 41.0 Å². The van der Waals surface area contributed by atoms with Gasteiger partial charge in [-0.2, -0.15) is 0 Å². The Bertz CT molecular complexity index is 547. The zero-order valence-corrected chi connectivity index (χ0v) is 14.1. The molecule has 0 saturated carbocycles. The Hall–Kier alpha value is -0.640. The normalized spacial score (nSPS) is 12.6. The van der Waals surface area contributed by atoms with Crippen LogP contribution in [0, 0.1) is 13.8 Å². The van der Waals surface area contributed by atoms with E-state index in [1.54, 1.807) is 0 Å². The first-order valence-electron chi connectivity index (χ1n) is 6.67. The van der Waals surface area contributed by atoms with E-state index in [1.807, 2.05) is 11.3 Å². The van der Waals surface area contributed by atoms with Gasteiger partial charge < -0.3 is 5.32 Å². The second-order valence-corrected chi connectivity index (χ2v) is 6.72. The predicted molar refractivity (Wildman–Crippen MR) is 88.1 cm³/mol. The molecule has 0 aliphatic rings. The number of aryl methyl sites for hydroxylation is 2. The summed E-state index contributed by atoms with van der Waals surface area (Å²) >= 11 is 5.39. The Morgan fingerprint density at radius 2 is 2.00 bits per heavy atom. The molecule has 0 radical (unpaired) electrons. The van der Waals surface area contributed by atoms with E-state index in [0.717, 1.165) is 17.4 Å². The molecule has 2 rings (SSSR count). The van der Waals surface area contributed by atoms with E-state index in [4.69, 9.17) is 0 Å². The number of nitrogens with one attached hydrogen (secondary N) is 1. The average Bonchev–Trinajstić information content (AvgIpc) is 2.78. The Morgan fingerprint density at radius 3 is 2.58 bits per heavy atom. The molecule has 0 amide bonds. The molecule has 2 aromatic rings. The van der Waals surface area contributed by atoms with Gasteiger partial charge in [-0.25, -0.2) is 0 Å². The third-order valence-electron chi connectivity index (χ3n) is 3.31. The topological polar surface area (TPSA) is 12.0 Å². The van der Waals surface area contributed by atoms with Crippen molar-refractivity contribution in [3.63, 3.8) is 0 Å². The molecule has 1 atom stereocenters. The summed E-state index contributed by atoms with van der Waals surface area (Å²) in [6, 6.07) is 9.07. The minimum Gasteiger partial charge on any atom is -0.306 e. The fourth-order valence-corrected chi connectivity index (χ4v) is 3.77. The lowest BCUT2D eigenvalue weighted by atomic mass is 9.98. The van der Waals surface area contributed by atoms with Gasteiger partial charge in [0, 0.05) is 9.35 Å². The number of hydrogen-bond acceptors (Lipinski definition) is 2. The Kier molecular flexibility index (Phi) is 5.20. The standard InChI is InChI=1S/C16H20BrNS/c1-4-8-18-15(16-11(2)7-9-19-16)14-6-5-13(17)10-12(14)3/h5-7,9-10,15,18H,4,8H2,1-3H3. The maximum absolute atomic E-state index is 3.68. The minimum atomic E-state index is 0.313. The van der Waals surface area contributed by atoms with Crippen molar-refractivity contribution < 1.29 is 0 Å². The first kappa shape index (κ1) is 14.8. The predicted octanol–water partition coefficient (Wildman–Crippen LogP) is 5.22. The van der Waals surface area contributed by atoms with Gasteiger partial charge in [0.05, 0.1) is 6.04 Å². The zero-order valence-electron chi connectivity index (χ0n) is 11.7. The molecule has 102 valence electrons. The maximum atomic E-state index is 3.68. The Labute approximate surface area is 128 Å². The highest BCUT2D eigenvalue weighted by Gasteiger charge is 2.18. The van der Waals surface area contributed by atoms with E-state index >= 15 is 0 Å². The van der Waals surface area contributed by atoms with Crippen LogP contribution >= 0.6 is 27.3 Å². The fraction of sp³-hybridized carbons (Fsp3) is 0.375.